The van der Waals surface area contributed by atoms with Crippen LogP contribution in [0.15, 0.2) is 58.1 Å². The number of hydrogen-bond donors (Lipinski definition) is 1. The van der Waals surface area contributed by atoms with Gasteiger partial charge in [-0.25, -0.2) is 4.98 Å². The number of fused-ring (bicyclic) bond motifs is 1. The second-order valence-corrected chi connectivity index (χ2v) is 5.76. The maximum Gasteiger partial charge on any atom is 0.204 e. The molecule has 94 valence electrons. The van der Waals surface area contributed by atoms with Crippen LogP contribution in [0.1, 0.15) is 5.56 Å². The zero-order valence-electron chi connectivity index (χ0n) is 9.88. The highest BCUT2D eigenvalue weighted by Crippen LogP contribution is 2.25. The maximum absolute atomic E-state index is 4.45. The van der Waals surface area contributed by atoms with Crippen LogP contribution in [0.4, 0.5) is 5.13 Å². The highest BCUT2D eigenvalue weighted by molar-refractivity contribution is 9.10. The Balaban J connectivity index is 1.77. The minimum absolute atomic E-state index is 0.796. The Morgan fingerprint density at radius 2 is 1.89 bits per heavy atom. The minimum Gasteiger partial charge on any atom is -0.253 e. The number of thiazole rings is 1. The third-order valence-electron chi connectivity index (χ3n) is 2.56. The summed E-state index contributed by atoms with van der Waals surface area (Å²) in [6.45, 7) is 0. The molecule has 1 aromatic heterocycles. The second-order valence-electron chi connectivity index (χ2n) is 3.88. The fourth-order valence-electron chi connectivity index (χ4n) is 1.66. The molecule has 1 N–H and O–H groups in total. The summed E-state index contributed by atoms with van der Waals surface area (Å²) in [5.41, 5.74) is 4.98. The van der Waals surface area contributed by atoms with Gasteiger partial charge in [-0.2, -0.15) is 5.10 Å². The predicted octanol–water partition coefficient (Wildman–Crippen LogP) is 4.50. The molecule has 0 radical (unpaired) electrons. The predicted molar refractivity (Wildman–Crippen MR) is 85.0 cm³/mol. The van der Waals surface area contributed by atoms with Gasteiger partial charge < -0.3 is 0 Å². The number of hydrazone groups is 1. The zero-order valence-corrected chi connectivity index (χ0v) is 12.3. The summed E-state index contributed by atoms with van der Waals surface area (Å²) in [4.78, 5) is 4.45. The molecule has 0 aliphatic rings. The summed E-state index contributed by atoms with van der Waals surface area (Å²) in [6.07, 6.45) is 1.77. The van der Waals surface area contributed by atoms with Gasteiger partial charge in [0.15, 0.2) is 0 Å². The number of halogens is 1. The van der Waals surface area contributed by atoms with Crippen LogP contribution in [-0.4, -0.2) is 11.2 Å². The molecule has 3 nitrogen and oxygen atoms in total. The standard InChI is InChI=1S/C14H10BrN3S/c15-11-6-2-1-5-10(11)9-16-18-14-17-12-7-3-4-8-13(12)19-14/h1-9H,(H,17,18)/b16-9+. The van der Waals surface area contributed by atoms with Crippen LogP contribution in [0, 0.1) is 0 Å². The molecule has 0 aliphatic carbocycles. The van der Waals surface area contributed by atoms with E-state index in [9.17, 15) is 0 Å². The average Bonchev–Trinajstić information content (AvgIpc) is 2.83. The Kier molecular flexibility index (Phi) is 3.57. The van der Waals surface area contributed by atoms with Gasteiger partial charge in [-0.15, -0.1) is 0 Å². The van der Waals surface area contributed by atoms with Crippen molar-refractivity contribution in [1.29, 1.82) is 0 Å². The van der Waals surface area contributed by atoms with Crippen molar-refractivity contribution in [3.8, 4) is 0 Å². The molecule has 5 heteroatoms. The SMILES string of the molecule is Brc1ccccc1/C=N/Nc1nc2ccccc2s1. The number of hydrogen-bond acceptors (Lipinski definition) is 4. The van der Waals surface area contributed by atoms with Gasteiger partial charge in [0.1, 0.15) is 0 Å². The van der Waals surface area contributed by atoms with Crippen molar-refractivity contribution in [1.82, 2.24) is 4.98 Å². The Hall–Kier alpha value is -1.72. The van der Waals surface area contributed by atoms with Crippen molar-refractivity contribution in [3.05, 3.63) is 58.6 Å². The third-order valence-corrected chi connectivity index (χ3v) is 4.23. The first-order chi connectivity index (χ1) is 9.33. The lowest BCUT2D eigenvalue weighted by Crippen LogP contribution is -1.90. The van der Waals surface area contributed by atoms with E-state index in [2.05, 4.69) is 37.5 Å². The summed E-state index contributed by atoms with van der Waals surface area (Å²) in [5, 5.41) is 5.01. The van der Waals surface area contributed by atoms with Gasteiger partial charge in [-0.05, 0) is 18.2 Å². The fourth-order valence-corrected chi connectivity index (χ4v) is 2.86. The molecule has 0 saturated heterocycles. The molecule has 0 unspecified atom stereocenters. The van der Waals surface area contributed by atoms with Gasteiger partial charge in [-0.3, -0.25) is 5.43 Å². The molecule has 19 heavy (non-hydrogen) atoms. The third kappa shape index (κ3) is 2.83. The number of rotatable bonds is 3. The molecule has 1 heterocycles. The Labute approximate surface area is 123 Å². The van der Waals surface area contributed by atoms with Crippen molar-refractivity contribution in [2.45, 2.75) is 0 Å². The van der Waals surface area contributed by atoms with E-state index in [0.717, 1.165) is 25.4 Å². The second kappa shape index (κ2) is 5.50. The van der Waals surface area contributed by atoms with Crippen molar-refractivity contribution in [3.63, 3.8) is 0 Å². The number of aromatic nitrogens is 1. The molecular weight excluding hydrogens is 322 g/mol. The molecule has 0 spiro atoms. The quantitative estimate of drug-likeness (QED) is 0.566. The summed E-state index contributed by atoms with van der Waals surface area (Å²) < 4.78 is 2.17. The molecule has 0 bridgehead atoms. The first kappa shape index (κ1) is 12.3. The Bertz CT molecular complexity index is 703. The monoisotopic (exact) mass is 331 g/mol. The first-order valence-electron chi connectivity index (χ1n) is 5.72. The molecule has 0 aliphatic heterocycles. The van der Waals surface area contributed by atoms with Crippen LogP contribution in [0.25, 0.3) is 10.2 Å². The van der Waals surface area contributed by atoms with Crippen LogP contribution in [0.5, 0.6) is 0 Å². The van der Waals surface area contributed by atoms with Crippen molar-refractivity contribution in [2.24, 2.45) is 5.10 Å². The molecule has 3 aromatic rings. The van der Waals surface area contributed by atoms with Crippen molar-refractivity contribution in [2.75, 3.05) is 5.43 Å². The number of para-hydroxylation sites is 1. The zero-order chi connectivity index (χ0) is 13.1. The molecule has 0 saturated carbocycles. The summed E-state index contributed by atoms with van der Waals surface area (Å²) in [5.74, 6) is 0. The lowest BCUT2D eigenvalue weighted by atomic mass is 10.2. The van der Waals surface area contributed by atoms with Crippen molar-refractivity contribution < 1.29 is 0 Å². The van der Waals surface area contributed by atoms with Crippen molar-refractivity contribution >= 4 is 48.8 Å². The van der Waals surface area contributed by atoms with Gasteiger partial charge in [-0.1, -0.05) is 57.6 Å². The highest BCUT2D eigenvalue weighted by atomic mass is 79.9. The lowest BCUT2D eigenvalue weighted by Gasteiger charge is -1.96. The highest BCUT2D eigenvalue weighted by Gasteiger charge is 2.00. The van der Waals surface area contributed by atoms with E-state index in [1.165, 1.54) is 0 Å². The van der Waals surface area contributed by atoms with Crippen LogP contribution in [0.3, 0.4) is 0 Å². The largest absolute Gasteiger partial charge is 0.253 e. The van der Waals surface area contributed by atoms with Gasteiger partial charge >= 0.3 is 0 Å². The number of anilines is 1. The average molecular weight is 332 g/mol. The summed E-state index contributed by atoms with van der Waals surface area (Å²) in [7, 11) is 0. The maximum atomic E-state index is 4.45. The minimum atomic E-state index is 0.796. The van der Waals surface area contributed by atoms with E-state index in [-0.39, 0.29) is 0 Å². The fraction of sp³-hybridized carbons (Fsp3) is 0. The van der Waals surface area contributed by atoms with Gasteiger partial charge in [0, 0.05) is 10.0 Å². The molecule has 0 amide bonds. The van der Waals surface area contributed by atoms with Crippen LogP contribution < -0.4 is 5.43 Å². The first-order valence-corrected chi connectivity index (χ1v) is 7.33. The van der Waals surface area contributed by atoms with Gasteiger partial charge in [0.25, 0.3) is 0 Å². The molecule has 2 aromatic carbocycles. The van der Waals surface area contributed by atoms with E-state index < -0.39 is 0 Å². The smallest absolute Gasteiger partial charge is 0.204 e. The van der Waals surface area contributed by atoms with Gasteiger partial charge in [0.05, 0.1) is 16.4 Å². The normalized spacial score (nSPS) is 11.2. The number of nitrogens with one attached hydrogen (secondary N) is 1. The summed E-state index contributed by atoms with van der Waals surface area (Å²) in [6, 6.07) is 16.0. The van der Waals surface area contributed by atoms with Gasteiger partial charge in [0.2, 0.25) is 5.13 Å². The molecule has 0 fully saturated rings. The number of nitrogens with zero attached hydrogens (tertiary/aromatic N) is 2. The van der Waals surface area contributed by atoms with E-state index in [1.807, 2.05) is 42.5 Å². The molecular formula is C14H10BrN3S. The molecule has 3 rings (SSSR count). The van der Waals surface area contributed by atoms with E-state index in [0.29, 0.717) is 0 Å². The van der Waals surface area contributed by atoms with Crippen LogP contribution in [0.2, 0.25) is 0 Å². The van der Waals surface area contributed by atoms with E-state index in [1.54, 1.807) is 17.6 Å². The lowest BCUT2D eigenvalue weighted by molar-refractivity contribution is 1.31. The van der Waals surface area contributed by atoms with E-state index in [4.69, 9.17) is 0 Å². The van der Waals surface area contributed by atoms with E-state index >= 15 is 0 Å². The Morgan fingerprint density at radius 1 is 1.11 bits per heavy atom. The van der Waals surface area contributed by atoms with Crippen LogP contribution in [-0.2, 0) is 0 Å². The Morgan fingerprint density at radius 3 is 2.74 bits per heavy atom. The topological polar surface area (TPSA) is 37.3 Å². The number of benzene rings is 2. The molecule has 0 atom stereocenters. The van der Waals surface area contributed by atoms with Crippen LogP contribution >= 0.6 is 27.3 Å². The summed E-state index contributed by atoms with van der Waals surface area (Å²) >= 11 is 5.07.